The summed E-state index contributed by atoms with van der Waals surface area (Å²) in [7, 11) is 4.59. The van der Waals surface area contributed by atoms with Gasteiger partial charge in [-0.05, 0) is 37.6 Å². The Labute approximate surface area is 207 Å². The van der Waals surface area contributed by atoms with Gasteiger partial charge in [-0.1, -0.05) is 24.3 Å². The first-order valence-corrected chi connectivity index (χ1v) is 11.7. The molecule has 0 radical (unpaired) electrons. The first-order chi connectivity index (χ1) is 16.8. The monoisotopic (exact) mass is 494 g/mol. The number of ether oxygens (including phenoxy) is 3. The zero-order chi connectivity index (χ0) is 25.3. The normalized spacial score (nSPS) is 15.5. The summed E-state index contributed by atoms with van der Waals surface area (Å²) in [5.41, 5.74) is 1.89. The number of methoxy groups -OCH3 is 3. The van der Waals surface area contributed by atoms with E-state index in [4.69, 9.17) is 14.2 Å². The van der Waals surface area contributed by atoms with Gasteiger partial charge in [0, 0.05) is 5.56 Å². The van der Waals surface area contributed by atoms with Crippen LogP contribution < -0.4 is 14.2 Å². The number of hydrogen-bond acceptors (Lipinski definition) is 8. The van der Waals surface area contributed by atoms with Crippen molar-refractivity contribution in [1.29, 1.82) is 0 Å². The third kappa shape index (κ3) is 4.35. The van der Waals surface area contributed by atoms with Crippen molar-refractivity contribution in [2.24, 2.45) is 0 Å². The predicted molar refractivity (Wildman–Crippen MR) is 131 cm³/mol. The van der Waals surface area contributed by atoms with Gasteiger partial charge in [0.1, 0.15) is 5.75 Å². The lowest BCUT2D eigenvalue weighted by molar-refractivity contribution is -0.130. The van der Waals surface area contributed by atoms with Gasteiger partial charge in [0.25, 0.3) is 5.91 Å². The van der Waals surface area contributed by atoms with E-state index in [9.17, 15) is 14.7 Å². The van der Waals surface area contributed by atoms with Crippen molar-refractivity contribution in [3.63, 3.8) is 0 Å². The first kappa shape index (κ1) is 24.3. The molecule has 1 amide bonds. The van der Waals surface area contributed by atoms with Gasteiger partial charge in [-0.3, -0.25) is 9.59 Å². The van der Waals surface area contributed by atoms with E-state index < -0.39 is 23.5 Å². The van der Waals surface area contributed by atoms with Crippen LogP contribution in [-0.4, -0.2) is 48.0 Å². The molecule has 1 unspecified atom stereocenters. The van der Waals surface area contributed by atoms with E-state index >= 15 is 0 Å². The summed E-state index contributed by atoms with van der Waals surface area (Å²) in [5.74, 6) is -0.0987. The van der Waals surface area contributed by atoms with Crippen LogP contribution in [0.3, 0.4) is 0 Å². The first-order valence-electron chi connectivity index (χ1n) is 10.9. The van der Waals surface area contributed by atoms with E-state index in [1.54, 1.807) is 38.3 Å². The standard InChI is InChI=1S/C26H26N2O6S/c1-14-25(35-15(2)27-14)23(29)21-22(16-10-11-19(33-4)20(12-16)34-5)28(26(31)24(21)30)13-17-8-6-7-9-18(17)32-3/h6-12,22,30H,13H2,1-5H3. The second kappa shape index (κ2) is 9.79. The highest BCUT2D eigenvalue weighted by Crippen LogP contribution is 2.43. The second-order valence-electron chi connectivity index (χ2n) is 8.00. The van der Waals surface area contributed by atoms with E-state index in [0.717, 1.165) is 10.6 Å². The largest absolute Gasteiger partial charge is 0.503 e. The minimum absolute atomic E-state index is 0.00358. The Morgan fingerprint density at radius 1 is 1.03 bits per heavy atom. The summed E-state index contributed by atoms with van der Waals surface area (Å²) in [4.78, 5) is 33.3. The average molecular weight is 495 g/mol. The Balaban J connectivity index is 1.86. The number of aliphatic hydroxyl groups is 1. The van der Waals surface area contributed by atoms with E-state index in [0.29, 0.717) is 33.4 Å². The van der Waals surface area contributed by atoms with E-state index in [1.807, 2.05) is 25.1 Å². The molecule has 1 atom stereocenters. The molecule has 0 saturated heterocycles. The summed E-state index contributed by atoms with van der Waals surface area (Å²) in [6.07, 6.45) is 0. The number of nitrogens with zero attached hydrogens (tertiary/aromatic N) is 2. The number of aliphatic hydroxyl groups excluding tert-OH is 1. The van der Waals surface area contributed by atoms with Gasteiger partial charge < -0.3 is 24.2 Å². The number of rotatable bonds is 8. The number of hydrogen-bond donors (Lipinski definition) is 1. The van der Waals surface area contributed by atoms with Crippen LogP contribution in [0.15, 0.2) is 53.8 Å². The van der Waals surface area contributed by atoms with Gasteiger partial charge in [-0.2, -0.15) is 0 Å². The number of para-hydroxylation sites is 1. The smallest absolute Gasteiger partial charge is 0.290 e. The maximum atomic E-state index is 13.7. The van der Waals surface area contributed by atoms with Crippen LogP contribution in [0.2, 0.25) is 0 Å². The molecular weight excluding hydrogens is 468 g/mol. The van der Waals surface area contributed by atoms with Crippen LogP contribution in [0.4, 0.5) is 0 Å². The van der Waals surface area contributed by atoms with Gasteiger partial charge >= 0.3 is 0 Å². The molecule has 0 aliphatic carbocycles. The zero-order valence-corrected chi connectivity index (χ0v) is 20.9. The molecular formula is C26H26N2O6S. The Kier molecular flexibility index (Phi) is 6.79. The van der Waals surface area contributed by atoms with Crippen molar-refractivity contribution in [3.8, 4) is 17.2 Å². The zero-order valence-electron chi connectivity index (χ0n) is 20.1. The fourth-order valence-corrected chi connectivity index (χ4v) is 5.17. The number of benzene rings is 2. The summed E-state index contributed by atoms with van der Waals surface area (Å²) >= 11 is 1.23. The van der Waals surface area contributed by atoms with Crippen molar-refractivity contribution < 1.29 is 28.9 Å². The van der Waals surface area contributed by atoms with E-state index in [-0.39, 0.29) is 12.1 Å². The van der Waals surface area contributed by atoms with Crippen LogP contribution >= 0.6 is 11.3 Å². The molecule has 9 heteroatoms. The number of Topliss-reactive ketones (excluding diaryl/α,β-unsaturated/α-hetero) is 1. The number of thiazole rings is 1. The fourth-order valence-electron chi connectivity index (χ4n) is 4.30. The Bertz CT molecular complexity index is 1330. The van der Waals surface area contributed by atoms with Crippen molar-refractivity contribution in [1.82, 2.24) is 9.88 Å². The van der Waals surface area contributed by atoms with Crippen molar-refractivity contribution >= 4 is 23.0 Å². The predicted octanol–water partition coefficient (Wildman–Crippen LogP) is 4.56. The second-order valence-corrected chi connectivity index (χ2v) is 9.20. The third-order valence-corrected chi connectivity index (χ3v) is 6.99. The molecule has 0 bridgehead atoms. The molecule has 0 saturated carbocycles. The Hall–Kier alpha value is -3.85. The maximum Gasteiger partial charge on any atom is 0.290 e. The van der Waals surface area contributed by atoms with Gasteiger partial charge in [0.15, 0.2) is 17.3 Å². The molecule has 4 rings (SSSR count). The van der Waals surface area contributed by atoms with Crippen molar-refractivity contribution in [3.05, 3.63) is 80.5 Å². The van der Waals surface area contributed by atoms with Crippen molar-refractivity contribution in [2.75, 3.05) is 21.3 Å². The summed E-state index contributed by atoms with van der Waals surface area (Å²) in [5, 5.41) is 11.7. The molecule has 3 aromatic rings. The molecule has 1 aliphatic rings. The molecule has 8 nitrogen and oxygen atoms in total. The number of aryl methyl sites for hydroxylation is 2. The molecule has 0 spiro atoms. The quantitative estimate of drug-likeness (QED) is 0.458. The molecule has 1 aliphatic heterocycles. The molecule has 2 aromatic carbocycles. The van der Waals surface area contributed by atoms with Crippen LogP contribution in [0.5, 0.6) is 17.2 Å². The highest BCUT2D eigenvalue weighted by atomic mass is 32.1. The minimum atomic E-state index is -0.860. The maximum absolute atomic E-state index is 13.7. The molecule has 1 N–H and O–H groups in total. The summed E-state index contributed by atoms with van der Waals surface area (Å²) in [6, 6.07) is 11.6. The lowest BCUT2D eigenvalue weighted by atomic mass is 9.94. The lowest BCUT2D eigenvalue weighted by Gasteiger charge is -2.28. The number of ketones is 1. The van der Waals surface area contributed by atoms with Gasteiger partial charge in [-0.25, -0.2) is 4.98 Å². The minimum Gasteiger partial charge on any atom is -0.503 e. The van der Waals surface area contributed by atoms with Gasteiger partial charge in [0.2, 0.25) is 5.78 Å². The molecule has 182 valence electrons. The molecule has 1 aromatic heterocycles. The average Bonchev–Trinajstić information content (AvgIpc) is 3.33. The fraction of sp³-hybridized carbons (Fsp3) is 0.269. The Morgan fingerprint density at radius 2 is 1.71 bits per heavy atom. The number of amides is 1. The van der Waals surface area contributed by atoms with Crippen LogP contribution in [-0.2, 0) is 11.3 Å². The van der Waals surface area contributed by atoms with E-state index in [1.165, 1.54) is 30.5 Å². The summed E-state index contributed by atoms with van der Waals surface area (Å²) in [6.45, 7) is 3.66. The van der Waals surface area contributed by atoms with Crippen LogP contribution in [0.1, 0.15) is 37.5 Å². The highest BCUT2D eigenvalue weighted by Gasteiger charge is 2.45. The van der Waals surface area contributed by atoms with Gasteiger partial charge in [0.05, 0.1) is 55.1 Å². The number of aromatic nitrogens is 1. The van der Waals surface area contributed by atoms with Crippen molar-refractivity contribution in [2.45, 2.75) is 26.4 Å². The highest BCUT2D eigenvalue weighted by molar-refractivity contribution is 7.14. The van der Waals surface area contributed by atoms with Gasteiger partial charge in [-0.15, -0.1) is 11.3 Å². The topological polar surface area (TPSA) is 98.2 Å². The summed E-state index contributed by atoms with van der Waals surface area (Å²) < 4.78 is 16.3. The van der Waals surface area contributed by atoms with E-state index in [2.05, 4.69) is 4.98 Å². The Morgan fingerprint density at radius 3 is 2.34 bits per heavy atom. The molecule has 2 heterocycles. The van der Waals surface area contributed by atoms with Crippen LogP contribution in [0, 0.1) is 13.8 Å². The molecule has 0 fully saturated rings. The SMILES string of the molecule is COc1ccccc1CN1C(=O)C(O)=C(C(=O)c2sc(C)nc2C)C1c1ccc(OC)c(OC)c1. The number of carbonyl (C=O) groups excluding carboxylic acids is 2. The van der Waals surface area contributed by atoms with Crippen LogP contribution in [0.25, 0.3) is 0 Å². The molecule has 35 heavy (non-hydrogen) atoms. The lowest BCUT2D eigenvalue weighted by Crippen LogP contribution is -2.31. The number of carbonyl (C=O) groups is 2. The third-order valence-electron chi connectivity index (χ3n) is 5.91.